The van der Waals surface area contributed by atoms with Crippen LogP contribution in [0.1, 0.15) is 12.7 Å². The number of piperazine rings is 1. The van der Waals surface area contributed by atoms with Crippen molar-refractivity contribution in [3.8, 4) is 0 Å². The zero-order chi connectivity index (χ0) is 13.2. The molecule has 1 saturated heterocycles. The maximum absolute atomic E-state index is 4.81. The molecule has 0 saturated carbocycles. The lowest BCUT2D eigenvalue weighted by Gasteiger charge is -2.26. The molecule has 1 aliphatic rings. The van der Waals surface area contributed by atoms with Gasteiger partial charge in [0.2, 0.25) is 0 Å². The van der Waals surface area contributed by atoms with Crippen molar-refractivity contribution in [2.45, 2.75) is 20.0 Å². The summed E-state index contributed by atoms with van der Waals surface area (Å²) < 4.78 is 3.42. The third-order valence-electron chi connectivity index (χ3n) is 3.68. The Morgan fingerprint density at radius 3 is 2.84 bits per heavy atom. The van der Waals surface area contributed by atoms with Gasteiger partial charge in [-0.3, -0.25) is 4.90 Å². The van der Waals surface area contributed by atoms with Crippen LogP contribution in [0, 0.1) is 0 Å². The van der Waals surface area contributed by atoms with Gasteiger partial charge in [0, 0.05) is 37.2 Å². The zero-order valence-electron chi connectivity index (χ0n) is 11.2. The summed E-state index contributed by atoms with van der Waals surface area (Å²) in [6.07, 6.45) is 0. The summed E-state index contributed by atoms with van der Waals surface area (Å²) in [5, 5.41) is 3.39. The molecule has 5 heteroatoms. The molecule has 1 aromatic carbocycles. The summed E-state index contributed by atoms with van der Waals surface area (Å²) in [5.74, 6) is 1.18. The van der Waals surface area contributed by atoms with Crippen LogP contribution in [0.25, 0.3) is 11.0 Å². The molecule has 2 heterocycles. The van der Waals surface area contributed by atoms with Crippen LogP contribution in [0.3, 0.4) is 0 Å². The quantitative estimate of drug-likeness (QED) is 0.940. The smallest absolute Gasteiger partial charge is 0.124 e. The van der Waals surface area contributed by atoms with Gasteiger partial charge in [0.05, 0.1) is 17.6 Å². The van der Waals surface area contributed by atoms with Gasteiger partial charge >= 0.3 is 0 Å². The average Bonchev–Trinajstić information content (AvgIpc) is 2.76. The van der Waals surface area contributed by atoms with Gasteiger partial charge in [-0.15, -0.1) is 0 Å². The van der Waals surface area contributed by atoms with E-state index >= 15 is 0 Å². The van der Waals surface area contributed by atoms with E-state index in [1.165, 1.54) is 11.3 Å². The highest BCUT2D eigenvalue weighted by atomic mass is 79.9. The summed E-state index contributed by atoms with van der Waals surface area (Å²) in [6.45, 7) is 8.48. The van der Waals surface area contributed by atoms with Crippen LogP contribution in [0.4, 0.5) is 0 Å². The van der Waals surface area contributed by atoms with Crippen LogP contribution >= 0.6 is 15.9 Å². The maximum Gasteiger partial charge on any atom is 0.124 e. The van der Waals surface area contributed by atoms with Gasteiger partial charge in [-0.05, 0) is 25.1 Å². The van der Waals surface area contributed by atoms with E-state index in [0.29, 0.717) is 0 Å². The van der Waals surface area contributed by atoms with E-state index < -0.39 is 0 Å². The molecule has 0 radical (unpaired) electrons. The topological polar surface area (TPSA) is 33.1 Å². The second-order valence-corrected chi connectivity index (χ2v) is 5.85. The van der Waals surface area contributed by atoms with Gasteiger partial charge in [-0.1, -0.05) is 15.9 Å². The number of rotatable bonds is 3. The Bertz CT molecular complexity index is 572. The molecular formula is C14H19BrN4. The predicted octanol–water partition coefficient (Wildman–Crippen LogP) is 2.22. The first-order valence-corrected chi connectivity index (χ1v) is 7.65. The molecule has 0 amide bonds. The first-order valence-electron chi connectivity index (χ1n) is 6.85. The van der Waals surface area contributed by atoms with Gasteiger partial charge in [0.25, 0.3) is 0 Å². The molecule has 0 unspecified atom stereocenters. The Balaban J connectivity index is 1.93. The number of benzene rings is 1. The fourth-order valence-corrected chi connectivity index (χ4v) is 3.04. The highest BCUT2D eigenvalue weighted by molar-refractivity contribution is 9.10. The summed E-state index contributed by atoms with van der Waals surface area (Å²) in [6, 6.07) is 6.34. The van der Waals surface area contributed by atoms with Gasteiger partial charge in [0.15, 0.2) is 0 Å². The van der Waals surface area contributed by atoms with E-state index in [0.717, 1.165) is 49.3 Å². The number of fused-ring (bicyclic) bond motifs is 1. The third-order valence-corrected chi connectivity index (χ3v) is 4.17. The molecule has 4 nitrogen and oxygen atoms in total. The molecule has 0 spiro atoms. The van der Waals surface area contributed by atoms with E-state index in [1.807, 2.05) is 0 Å². The van der Waals surface area contributed by atoms with Crippen LogP contribution in [-0.4, -0.2) is 40.6 Å². The van der Waals surface area contributed by atoms with Crippen molar-refractivity contribution in [1.82, 2.24) is 19.8 Å². The number of aryl methyl sites for hydroxylation is 1. The van der Waals surface area contributed by atoms with Gasteiger partial charge < -0.3 is 9.88 Å². The van der Waals surface area contributed by atoms with Gasteiger partial charge in [-0.25, -0.2) is 4.98 Å². The minimum absolute atomic E-state index is 0.946. The number of aromatic nitrogens is 2. The van der Waals surface area contributed by atoms with E-state index in [9.17, 15) is 0 Å². The SMILES string of the molecule is CCn1c(CN2CCNCC2)nc2cc(Br)ccc21. The van der Waals surface area contributed by atoms with Crippen LogP contribution in [0.15, 0.2) is 22.7 Å². The molecule has 2 aromatic rings. The average molecular weight is 323 g/mol. The number of halogens is 1. The maximum atomic E-state index is 4.81. The fourth-order valence-electron chi connectivity index (χ4n) is 2.70. The number of hydrogen-bond acceptors (Lipinski definition) is 3. The van der Waals surface area contributed by atoms with Crippen molar-refractivity contribution in [3.05, 3.63) is 28.5 Å². The van der Waals surface area contributed by atoms with Crippen LogP contribution in [0.2, 0.25) is 0 Å². The first-order chi connectivity index (χ1) is 9.28. The lowest BCUT2D eigenvalue weighted by Crippen LogP contribution is -2.43. The molecule has 0 bridgehead atoms. The molecule has 1 aromatic heterocycles. The second-order valence-electron chi connectivity index (χ2n) is 4.93. The highest BCUT2D eigenvalue weighted by Crippen LogP contribution is 2.21. The van der Waals surface area contributed by atoms with Crippen molar-refractivity contribution < 1.29 is 0 Å². The lowest BCUT2D eigenvalue weighted by molar-refractivity contribution is 0.225. The van der Waals surface area contributed by atoms with E-state index in [2.05, 4.69) is 55.8 Å². The Kier molecular flexibility index (Phi) is 3.86. The highest BCUT2D eigenvalue weighted by Gasteiger charge is 2.15. The van der Waals surface area contributed by atoms with Crippen LogP contribution in [0.5, 0.6) is 0 Å². The first kappa shape index (κ1) is 13.1. The molecule has 1 N–H and O–H groups in total. The lowest BCUT2D eigenvalue weighted by atomic mass is 10.3. The number of nitrogens with one attached hydrogen (secondary N) is 1. The van der Waals surface area contributed by atoms with E-state index in [1.54, 1.807) is 0 Å². The summed E-state index contributed by atoms with van der Waals surface area (Å²) in [4.78, 5) is 7.28. The van der Waals surface area contributed by atoms with Crippen molar-refractivity contribution in [1.29, 1.82) is 0 Å². The predicted molar refractivity (Wildman–Crippen MR) is 81.3 cm³/mol. The Morgan fingerprint density at radius 2 is 2.11 bits per heavy atom. The standard InChI is InChI=1S/C14H19BrN4/c1-2-19-13-4-3-11(15)9-12(13)17-14(19)10-18-7-5-16-6-8-18/h3-4,9,16H,2,5-8,10H2,1H3. The van der Waals surface area contributed by atoms with Crippen molar-refractivity contribution >= 4 is 27.0 Å². The zero-order valence-corrected chi connectivity index (χ0v) is 12.8. The summed E-state index contributed by atoms with van der Waals surface area (Å²) in [5.41, 5.74) is 2.32. The summed E-state index contributed by atoms with van der Waals surface area (Å²) in [7, 11) is 0. The molecule has 0 aliphatic carbocycles. The molecule has 1 fully saturated rings. The second kappa shape index (κ2) is 5.61. The molecular weight excluding hydrogens is 304 g/mol. The Labute approximate surface area is 121 Å². The monoisotopic (exact) mass is 322 g/mol. The molecule has 19 heavy (non-hydrogen) atoms. The normalized spacial score (nSPS) is 17.2. The van der Waals surface area contributed by atoms with Crippen molar-refractivity contribution in [3.63, 3.8) is 0 Å². The Morgan fingerprint density at radius 1 is 1.32 bits per heavy atom. The third kappa shape index (κ3) is 2.68. The fraction of sp³-hybridized carbons (Fsp3) is 0.500. The minimum Gasteiger partial charge on any atom is -0.327 e. The Hall–Kier alpha value is -0.910. The van der Waals surface area contributed by atoms with Crippen molar-refractivity contribution in [2.24, 2.45) is 0 Å². The van der Waals surface area contributed by atoms with E-state index in [4.69, 9.17) is 4.98 Å². The number of imidazole rings is 1. The largest absolute Gasteiger partial charge is 0.327 e. The van der Waals surface area contributed by atoms with Crippen molar-refractivity contribution in [2.75, 3.05) is 26.2 Å². The van der Waals surface area contributed by atoms with Crippen LogP contribution in [-0.2, 0) is 13.1 Å². The molecule has 0 atom stereocenters. The molecule has 102 valence electrons. The number of nitrogens with zero attached hydrogens (tertiary/aromatic N) is 3. The molecule has 3 rings (SSSR count). The minimum atomic E-state index is 0.946. The van der Waals surface area contributed by atoms with Crippen LogP contribution < -0.4 is 5.32 Å². The van der Waals surface area contributed by atoms with Gasteiger partial charge in [0.1, 0.15) is 5.82 Å². The van der Waals surface area contributed by atoms with Gasteiger partial charge in [-0.2, -0.15) is 0 Å². The summed E-state index contributed by atoms with van der Waals surface area (Å²) >= 11 is 3.52. The van der Waals surface area contributed by atoms with E-state index in [-0.39, 0.29) is 0 Å². The number of hydrogen-bond donors (Lipinski definition) is 1. The molecule has 1 aliphatic heterocycles.